The lowest BCUT2D eigenvalue weighted by molar-refractivity contribution is 0.273. The first-order valence-electron chi connectivity index (χ1n) is 5.58. The second-order valence-electron chi connectivity index (χ2n) is 3.88. The minimum Gasteiger partial charge on any atom is -0.394 e. The molecular weight excluding hydrogens is 236 g/mol. The zero-order valence-corrected chi connectivity index (χ0v) is 9.61. The van der Waals surface area contributed by atoms with Crippen LogP contribution in [0.3, 0.4) is 0 Å². The van der Waals surface area contributed by atoms with Gasteiger partial charge in [0.15, 0.2) is 0 Å². The van der Waals surface area contributed by atoms with Gasteiger partial charge in [-0.2, -0.15) is 0 Å². The van der Waals surface area contributed by atoms with Crippen LogP contribution in [0.1, 0.15) is 11.6 Å². The van der Waals surface area contributed by atoms with E-state index >= 15 is 0 Å². The minimum absolute atomic E-state index is 0.236. The fourth-order valence-electron chi connectivity index (χ4n) is 1.75. The van der Waals surface area contributed by atoms with E-state index in [1.54, 1.807) is 36.4 Å². The fourth-order valence-corrected chi connectivity index (χ4v) is 1.75. The van der Waals surface area contributed by atoms with Crippen LogP contribution in [-0.2, 0) is 0 Å². The van der Waals surface area contributed by atoms with Crippen LogP contribution in [0.5, 0.6) is 0 Å². The van der Waals surface area contributed by atoms with Gasteiger partial charge in [-0.05, 0) is 18.2 Å². The van der Waals surface area contributed by atoms with Gasteiger partial charge in [-0.15, -0.1) is 0 Å². The Balaban J connectivity index is 2.26. The number of hydrogen-bond acceptors (Lipinski definition) is 2. The van der Waals surface area contributed by atoms with Crippen molar-refractivity contribution in [2.75, 3.05) is 11.9 Å². The summed E-state index contributed by atoms with van der Waals surface area (Å²) in [5, 5.41) is 12.1. The van der Waals surface area contributed by atoms with Crippen LogP contribution in [0.25, 0.3) is 0 Å². The number of para-hydroxylation sites is 1. The Morgan fingerprint density at radius 2 is 1.56 bits per heavy atom. The molecule has 0 amide bonds. The Labute approximate surface area is 104 Å². The van der Waals surface area contributed by atoms with Crippen LogP contribution in [0.15, 0.2) is 48.5 Å². The lowest BCUT2D eigenvalue weighted by Gasteiger charge is -2.18. The third-order valence-electron chi connectivity index (χ3n) is 2.67. The van der Waals surface area contributed by atoms with Crippen molar-refractivity contribution in [3.8, 4) is 0 Å². The van der Waals surface area contributed by atoms with E-state index in [1.807, 2.05) is 0 Å². The van der Waals surface area contributed by atoms with Crippen LogP contribution in [-0.4, -0.2) is 11.7 Å². The largest absolute Gasteiger partial charge is 0.394 e. The van der Waals surface area contributed by atoms with Crippen molar-refractivity contribution in [3.05, 3.63) is 65.7 Å². The summed E-state index contributed by atoms with van der Waals surface area (Å²) in [4.78, 5) is 0. The predicted molar refractivity (Wildman–Crippen MR) is 66.2 cm³/mol. The number of halogens is 2. The molecule has 2 aromatic carbocycles. The second kappa shape index (κ2) is 5.60. The van der Waals surface area contributed by atoms with E-state index in [9.17, 15) is 13.9 Å². The van der Waals surface area contributed by atoms with E-state index in [-0.39, 0.29) is 12.3 Å². The summed E-state index contributed by atoms with van der Waals surface area (Å²) < 4.78 is 27.0. The van der Waals surface area contributed by atoms with Gasteiger partial charge in [-0.25, -0.2) is 8.78 Å². The lowest BCUT2D eigenvalue weighted by Crippen LogP contribution is -2.17. The molecule has 0 aliphatic heterocycles. The maximum absolute atomic E-state index is 13.6. The molecule has 0 saturated heterocycles. The molecule has 2 aromatic rings. The summed E-state index contributed by atoms with van der Waals surface area (Å²) in [6.07, 6.45) is 0. The van der Waals surface area contributed by atoms with Crippen molar-refractivity contribution < 1.29 is 13.9 Å². The number of benzene rings is 2. The van der Waals surface area contributed by atoms with Gasteiger partial charge in [0.05, 0.1) is 18.3 Å². The van der Waals surface area contributed by atoms with E-state index in [2.05, 4.69) is 5.32 Å². The van der Waals surface area contributed by atoms with E-state index in [0.29, 0.717) is 5.56 Å². The standard InChI is InChI=1S/C14H13F2NO/c15-11-6-2-1-5-10(11)14(9-18)17-13-8-4-3-7-12(13)16/h1-8,14,17-18H,9H2. The summed E-state index contributed by atoms with van der Waals surface area (Å²) in [5.74, 6) is -0.868. The number of hydrogen-bond donors (Lipinski definition) is 2. The highest BCUT2D eigenvalue weighted by Gasteiger charge is 2.15. The first kappa shape index (κ1) is 12.5. The van der Waals surface area contributed by atoms with Crippen LogP contribution >= 0.6 is 0 Å². The molecule has 1 unspecified atom stereocenters. The first-order chi connectivity index (χ1) is 8.72. The van der Waals surface area contributed by atoms with E-state index in [0.717, 1.165) is 0 Å². The SMILES string of the molecule is OCC(Nc1ccccc1F)c1ccccc1F. The number of anilines is 1. The van der Waals surface area contributed by atoms with Crippen LogP contribution < -0.4 is 5.32 Å². The van der Waals surface area contributed by atoms with Crippen LogP contribution in [0.4, 0.5) is 14.5 Å². The number of aliphatic hydroxyl groups excluding tert-OH is 1. The molecule has 2 rings (SSSR count). The Bertz CT molecular complexity index is 531. The molecule has 0 spiro atoms. The quantitative estimate of drug-likeness (QED) is 0.872. The van der Waals surface area contributed by atoms with Gasteiger partial charge >= 0.3 is 0 Å². The topological polar surface area (TPSA) is 32.3 Å². The maximum atomic E-state index is 13.6. The van der Waals surface area contributed by atoms with E-state index in [1.165, 1.54) is 12.1 Å². The minimum atomic E-state index is -0.678. The predicted octanol–water partition coefficient (Wildman–Crippen LogP) is 3.11. The van der Waals surface area contributed by atoms with Crippen molar-refractivity contribution in [1.29, 1.82) is 0 Å². The first-order valence-corrected chi connectivity index (χ1v) is 5.58. The van der Waals surface area contributed by atoms with Gasteiger partial charge in [0, 0.05) is 5.56 Å². The molecule has 2 nitrogen and oxygen atoms in total. The van der Waals surface area contributed by atoms with Crippen molar-refractivity contribution in [3.63, 3.8) is 0 Å². The average Bonchev–Trinajstić information content (AvgIpc) is 2.39. The number of aliphatic hydroxyl groups is 1. The summed E-state index contributed by atoms with van der Waals surface area (Å²) in [6.45, 7) is -0.324. The molecule has 0 heterocycles. The Kier molecular flexibility index (Phi) is 3.89. The molecule has 2 N–H and O–H groups in total. The summed E-state index contributed by atoms with van der Waals surface area (Å²) in [6, 6.07) is 11.5. The Morgan fingerprint density at radius 1 is 0.944 bits per heavy atom. The van der Waals surface area contributed by atoms with E-state index < -0.39 is 17.7 Å². The fraction of sp³-hybridized carbons (Fsp3) is 0.143. The van der Waals surface area contributed by atoms with Gasteiger partial charge in [-0.3, -0.25) is 0 Å². The molecule has 0 aromatic heterocycles. The second-order valence-corrected chi connectivity index (χ2v) is 3.88. The summed E-state index contributed by atoms with van der Waals surface area (Å²) in [5.41, 5.74) is 0.544. The summed E-state index contributed by atoms with van der Waals surface area (Å²) >= 11 is 0. The molecule has 4 heteroatoms. The molecule has 0 saturated carbocycles. The molecule has 0 fully saturated rings. The normalized spacial score (nSPS) is 12.2. The van der Waals surface area contributed by atoms with Crippen LogP contribution in [0, 0.1) is 11.6 Å². The highest BCUT2D eigenvalue weighted by molar-refractivity contribution is 5.46. The van der Waals surface area contributed by atoms with E-state index in [4.69, 9.17) is 0 Å². The molecule has 1 atom stereocenters. The lowest BCUT2D eigenvalue weighted by atomic mass is 10.1. The zero-order chi connectivity index (χ0) is 13.0. The maximum Gasteiger partial charge on any atom is 0.146 e. The number of nitrogens with one attached hydrogen (secondary N) is 1. The molecule has 0 aliphatic carbocycles. The number of rotatable bonds is 4. The molecule has 0 aliphatic rings. The smallest absolute Gasteiger partial charge is 0.146 e. The molecule has 18 heavy (non-hydrogen) atoms. The Morgan fingerprint density at radius 3 is 2.17 bits per heavy atom. The van der Waals surface area contributed by atoms with Crippen molar-refractivity contribution in [2.45, 2.75) is 6.04 Å². The van der Waals surface area contributed by atoms with Crippen molar-refractivity contribution in [1.82, 2.24) is 0 Å². The van der Waals surface area contributed by atoms with Gasteiger partial charge in [0.25, 0.3) is 0 Å². The van der Waals surface area contributed by atoms with Crippen molar-refractivity contribution in [2.24, 2.45) is 0 Å². The van der Waals surface area contributed by atoms with Crippen molar-refractivity contribution >= 4 is 5.69 Å². The highest BCUT2D eigenvalue weighted by Crippen LogP contribution is 2.23. The molecular formula is C14H13F2NO. The van der Waals surface area contributed by atoms with Crippen LogP contribution in [0.2, 0.25) is 0 Å². The van der Waals surface area contributed by atoms with Gasteiger partial charge in [0.2, 0.25) is 0 Å². The molecule has 94 valence electrons. The molecule has 0 bridgehead atoms. The highest BCUT2D eigenvalue weighted by atomic mass is 19.1. The monoisotopic (exact) mass is 249 g/mol. The third-order valence-corrected chi connectivity index (χ3v) is 2.67. The zero-order valence-electron chi connectivity index (χ0n) is 9.61. The Hall–Kier alpha value is -1.94. The summed E-state index contributed by atoms with van der Waals surface area (Å²) in [7, 11) is 0. The third kappa shape index (κ3) is 2.65. The average molecular weight is 249 g/mol. The molecule has 0 radical (unpaired) electrons. The van der Waals surface area contributed by atoms with Gasteiger partial charge in [-0.1, -0.05) is 30.3 Å². The van der Waals surface area contributed by atoms with Gasteiger partial charge in [0.1, 0.15) is 11.6 Å². The van der Waals surface area contributed by atoms with Gasteiger partial charge < -0.3 is 10.4 Å².